The van der Waals surface area contributed by atoms with Gasteiger partial charge in [-0.3, -0.25) is 9.59 Å². The number of Topliss-reactive ketones (excluding diaryl/α,β-unsaturated/α-hetero) is 1. The Bertz CT molecular complexity index is 449. The van der Waals surface area contributed by atoms with Gasteiger partial charge in [-0.15, -0.1) is 11.3 Å². The van der Waals surface area contributed by atoms with Crippen molar-refractivity contribution in [3.63, 3.8) is 0 Å². The molecule has 2 rings (SSSR count). The lowest BCUT2D eigenvalue weighted by Gasteiger charge is -2.37. The molecule has 86 valence electrons. The van der Waals surface area contributed by atoms with Crippen LogP contribution >= 0.6 is 27.3 Å². The van der Waals surface area contributed by atoms with Crippen molar-refractivity contribution in [3.8, 4) is 0 Å². The first kappa shape index (κ1) is 11.8. The first-order valence-electron chi connectivity index (χ1n) is 5.04. The number of likely N-dealkylation sites (tertiary alicyclic amines) is 1. The standard InChI is InChI=1S/C11H12BrNO2S/c1-6-3-9(10(12)16-6)11(15)13-4-8(5-13)7(2)14/h3,8H,4-5H2,1-2H3. The molecule has 3 nitrogen and oxygen atoms in total. The third-order valence-electron chi connectivity index (χ3n) is 2.78. The van der Waals surface area contributed by atoms with E-state index in [0.717, 1.165) is 8.66 Å². The Labute approximate surface area is 107 Å². The van der Waals surface area contributed by atoms with E-state index in [-0.39, 0.29) is 17.6 Å². The second-order valence-corrected chi connectivity index (χ2v) is 6.64. The molecule has 0 N–H and O–H groups in total. The largest absolute Gasteiger partial charge is 0.337 e. The highest BCUT2D eigenvalue weighted by Crippen LogP contribution is 2.30. The number of ketones is 1. The Morgan fingerprint density at radius 2 is 2.12 bits per heavy atom. The van der Waals surface area contributed by atoms with Gasteiger partial charge < -0.3 is 4.90 Å². The molecule has 0 spiro atoms. The van der Waals surface area contributed by atoms with Crippen LogP contribution in [0.25, 0.3) is 0 Å². The normalized spacial score (nSPS) is 16.1. The zero-order chi connectivity index (χ0) is 11.9. The summed E-state index contributed by atoms with van der Waals surface area (Å²) >= 11 is 4.95. The molecule has 1 amide bonds. The highest BCUT2D eigenvalue weighted by Gasteiger charge is 2.34. The van der Waals surface area contributed by atoms with Crippen LogP contribution in [0.5, 0.6) is 0 Å². The molecule has 1 aromatic rings. The van der Waals surface area contributed by atoms with Crippen molar-refractivity contribution < 1.29 is 9.59 Å². The van der Waals surface area contributed by atoms with Crippen LogP contribution in [0.1, 0.15) is 22.2 Å². The fraction of sp³-hybridized carbons (Fsp3) is 0.455. The van der Waals surface area contributed by atoms with Gasteiger partial charge in [0, 0.05) is 18.0 Å². The summed E-state index contributed by atoms with van der Waals surface area (Å²) < 4.78 is 0.876. The number of hydrogen-bond acceptors (Lipinski definition) is 3. The van der Waals surface area contributed by atoms with Crippen molar-refractivity contribution in [1.82, 2.24) is 4.90 Å². The molecule has 16 heavy (non-hydrogen) atoms. The zero-order valence-corrected chi connectivity index (χ0v) is 11.5. The number of hydrogen-bond donors (Lipinski definition) is 0. The number of halogens is 1. The topological polar surface area (TPSA) is 37.4 Å². The predicted molar refractivity (Wildman–Crippen MR) is 66.8 cm³/mol. The van der Waals surface area contributed by atoms with Gasteiger partial charge >= 0.3 is 0 Å². The van der Waals surface area contributed by atoms with Gasteiger partial charge in [0.05, 0.1) is 15.3 Å². The summed E-state index contributed by atoms with van der Waals surface area (Å²) in [7, 11) is 0. The highest BCUT2D eigenvalue weighted by molar-refractivity contribution is 9.11. The maximum absolute atomic E-state index is 12.0. The molecule has 1 aliphatic rings. The molecule has 0 radical (unpaired) electrons. The average Bonchev–Trinajstić information content (AvgIpc) is 2.41. The lowest BCUT2D eigenvalue weighted by atomic mass is 9.95. The Balaban J connectivity index is 2.05. The van der Waals surface area contributed by atoms with Crippen molar-refractivity contribution in [2.45, 2.75) is 13.8 Å². The van der Waals surface area contributed by atoms with Gasteiger partial charge in [0.15, 0.2) is 0 Å². The molecule has 1 aromatic heterocycles. The summed E-state index contributed by atoms with van der Waals surface area (Å²) in [5.74, 6) is 0.237. The van der Waals surface area contributed by atoms with Crippen LogP contribution in [0.4, 0.5) is 0 Å². The van der Waals surface area contributed by atoms with Crippen LogP contribution in [0.3, 0.4) is 0 Å². The molecular formula is C11H12BrNO2S. The second kappa shape index (κ2) is 4.30. The van der Waals surface area contributed by atoms with Gasteiger partial charge in [0.2, 0.25) is 0 Å². The smallest absolute Gasteiger partial charge is 0.255 e. The van der Waals surface area contributed by atoms with Crippen molar-refractivity contribution >= 4 is 39.0 Å². The fourth-order valence-corrected chi connectivity index (χ4v) is 3.47. The lowest BCUT2D eigenvalue weighted by molar-refractivity contribution is -0.124. The molecule has 2 heterocycles. The fourth-order valence-electron chi connectivity index (χ4n) is 1.70. The van der Waals surface area contributed by atoms with Crippen LogP contribution in [0.2, 0.25) is 0 Å². The maximum Gasteiger partial charge on any atom is 0.255 e. The lowest BCUT2D eigenvalue weighted by Crippen LogP contribution is -2.52. The summed E-state index contributed by atoms with van der Waals surface area (Å²) in [6, 6.07) is 1.89. The van der Waals surface area contributed by atoms with E-state index in [0.29, 0.717) is 18.7 Å². The molecule has 1 saturated heterocycles. The van der Waals surface area contributed by atoms with Gasteiger partial charge in [-0.25, -0.2) is 0 Å². The molecule has 0 unspecified atom stereocenters. The summed E-state index contributed by atoms with van der Waals surface area (Å²) in [6.45, 7) is 4.68. The molecule has 0 saturated carbocycles. The number of nitrogens with zero attached hydrogens (tertiary/aromatic N) is 1. The van der Waals surface area contributed by atoms with Crippen LogP contribution in [-0.2, 0) is 4.79 Å². The first-order valence-corrected chi connectivity index (χ1v) is 6.65. The summed E-state index contributed by atoms with van der Waals surface area (Å²) in [5.41, 5.74) is 0.713. The number of thiophene rings is 1. The summed E-state index contributed by atoms with van der Waals surface area (Å²) in [6.07, 6.45) is 0. The zero-order valence-electron chi connectivity index (χ0n) is 9.12. The van der Waals surface area contributed by atoms with Crippen molar-refractivity contribution in [2.75, 3.05) is 13.1 Å². The molecule has 1 fully saturated rings. The van der Waals surface area contributed by atoms with E-state index in [1.165, 1.54) is 0 Å². The minimum Gasteiger partial charge on any atom is -0.337 e. The van der Waals surface area contributed by atoms with E-state index in [9.17, 15) is 9.59 Å². The first-order chi connectivity index (χ1) is 7.49. The van der Waals surface area contributed by atoms with Crippen LogP contribution < -0.4 is 0 Å². The van der Waals surface area contributed by atoms with Gasteiger partial charge in [0.25, 0.3) is 5.91 Å². The van der Waals surface area contributed by atoms with Gasteiger partial charge in [-0.1, -0.05) is 0 Å². The van der Waals surface area contributed by atoms with E-state index in [4.69, 9.17) is 0 Å². The van der Waals surface area contributed by atoms with Crippen molar-refractivity contribution in [3.05, 3.63) is 20.3 Å². The SMILES string of the molecule is CC(=O)C1CN(C(=O)c2cc(C)sc2Br)C1. The van der Waals surface area contributed by atoms with Gasteiger partial charge in [-0.05, 0) is 35.8 Å². The molecule has 0 aromatic carbocycles. The van der Waals surface area contributed by atoms with E-state index >= 15 is 0 Å². The number of amides is 1. The molecule has 0 bridgehead atoms. The molecule has 1 aliphatic heterocycles. The second-order valence-electron chi connectivity index (χ2n) is 4.06. The molecule has 5 heteroatoms. The number of carbonyl (C=O) groups excluding carboxylic acids is 2. The maximum atomic E-state index is 12.0. The van der Waals surface area contributed by atoms with E-state index < -0.39 is 0 Å². The summed E-state index contributed by atoms with van der Waals surface area (Å²) in [5, 5.41) is 0. The minimum absolute atomic E-state index is 0.0220. The van der Waals surface area contributed by atoms with E-state index in [1.807, 2.05) is 13.0 Å². The third kappa shape index (κ3) is 2.06. The van der Waals surface area contributed by atoms with Crippen LogP contribution in [-0.4, -0.2) is 29.7 Å². The van der Waals surface area contributed by atoms with E-state index in [2.05, 4.69) is 15.9 Å². The van der Waals surface area contributed by atoms with Gasteiger partial charge in [0.1, 0.15) is 5.78 Å². The third-order valence-corrected chi connectivity index (χ3v) is 4.54. The van der Waals surface area contributed by atoms with E-state index in [1.54, 1.807) is 23.2 Å². The molecular weight excluding hydrogens is 290 g/mol. The Morgan fingerprint density at radius 3 is 2.56 bits per heavy atom. The van der Waals surface area contributed by atoms with Gasteiger partial charge in [-0.2, -0.15) is 0 Å². The quantitative estimate of drug-likeness (QED) is 0.841. The Morgan fingerprint density at radius 1 is 1.50 bits per heavy atom. The number of carbonyl (C=O) groups is 2. The number of aryl methyl sites for hydroxylation is 1. The molecule has 0 aliphatic carbocycles. The Hall–Kier alpha value is -0.680. The van der Waals surface area contributed by atoms with Crippen molar-refractivity contribution in [2.24, 2.45) is 5.92 Å². The van der Waals surface area contributed by atoms with Crippen LogP contribution in [0.15, 0.2) is 9.85 Å². The highest BCUT2D eigenvalue weighted by atomic mass is 79.9. The summed E-state index contributed by atoms with van der Waals surface area (Å²) in [4.78, 5) is 25.9. The monoisotopic (exact) mass is 301 g/mol. The van der Waals surface area contributed by atoms with Crippen LogP contribution in [0, 0.1) is 12.8 Å². The Kier molecular flexibility index (Phi) is 3.17. The molecule has 0 atom stereocenters. The minimum atomic E-state index is 0.0220. The van der Waals surface area contributed by atoms with Crippen molar-refractivity contribution in [1.29, 1.82) is 0 Å². The average molecular weight is 302 g/mol. The number of rotatable bonds is 2. The predicted octanol–water partition coefficient (Wildman–Crippen LogP) is 2.48.